The first-order valence-electron chi connectivity index (χ1n) is 11.9. The van der Waals surface area contributed by atoms with Gasteiger partial charge in [-0.3, -0.25) is 9.36 Å². The number of pyridine rings is 1. The number of nitrogens with zero attached hydrogens (tertiary/aromatic N) is 6. The largest absolute Gasteiger partial charge is 0.493 e. The Morgan fingerprint density at radius 3 is 2.58 bits per heavy atom. The van der Waals surface area contributed by atoms with Crippen LogP contribution in [-0.2, 0) is 22.6 Å². The lowest BCUT2D eigenvalue weighted by molar-refractivity contribution is -0.207. The summed E-state index contributed by atoms with van der Waals surface area (Å²) in [6.45, 7) is 1.51. The molecule has 3 aromatic rings. The summed E-state index contributed by atoms with van der Waals surface area (Å²) in [5, 5.41) is 15.8. The number of anilines is 1. The molecule has 0 bridgehead atoms. The molecule has 4 rings (SSSR count). The van der Waals surface area contributed by atoms with Crippen LogP contribution in [0.25, 0.3) is 11.4 Å². The Labute approximate surface area is 230 Å². The van der Waals surface area contributed by atoms with Crippen molar-refractivity contribution in [1.82, 2.24) is 24.8 Å². The third-order valence-corrected chi connectivity index (χ3v) is 6.04. The lowest BCUT2D eigenvalue weighted by atomic mass is 10.2. The highest BCUT2D eigenvalue weighted by Gasteiger charge is 2.40. The van der Waals surface area contributed by atoms with E-state index < -0.39 is 42.8 Å². The van der Waals surface area contributed by atoms with E-state index in [1.54, 1.807) is 19.1 Å². The number of halogens is 4. The van der Waals surface area contributed by atoms with Gasteiger partial charge in [-0.15, -0.1) is 5.10 Å². The third-order valence-electron chi connectivity index (χ3n) is 5.79. The summed E-state index contributed by atoms with van der Waals surface area (Å²) in [6, 6.07) is 9.28. The van der Waals surface area contributed by atoms with Crippen LogP contribution in [0.15, 0.2) is 52.4 Å². The Kier molecular flexibility index (Phi) is 8.46. The van der Waals surface area contributed by atoms with Crippen molar-refractivity contribution < 1.29 is 32.5 Å². The first kappa shape index (κ1) is 29.0. The maximum Gasteiger partial charge on any atom is 0.416 e. The number of esters is 1. The number of hydrazine groups is 1. The fourth-order valence-electron chi connectivity index (χ4n) is 3.99. The van der Waals surface area contributed by atoms with Gasteiger partial charge in [0, 0.05) is 23.7 Å². The number of aliphatic hydroxyl groups excluding tert-OH is 1. The van der Waals surface area contributed by atoms with Crippen molar-refractivity contribution in [3.05, 3.63) is 58.1 Å². The predicted octanol–water partition coefficient (Wildman–Crippen LogP) is 2.39. The van der Waals surface area contributed by atoms with Crippen molar-refractivity contribution >= 4 is 29.2 Å². The highest BCUT2D eigenvalue weighted by atomic mass is 35.5. The number of carbonyl (C=O) groups excluding carboxylic acids is 1. The van der Waals surface area contributed by atoms with Crippen LogP contribution < -0.4 is 20.9 Å². The average molecular weight is 584 g/mol. The SMILES string of the molecule is COc1cccnc1N1NC(Cn2nc(-c3ccc(Cl)cc3)n(C[C@H](O)C(F)(F)F)c2=O)N=C1[C@H](C)OC(C)=O. The van der Waals surface area contributed by atoms with Crippen LogP contribution in [-0.4, -0.2) is 67.9 Å². The molecular weight excluding hydrogens is 559 g/mol. The van der Waals surface area contributed by atoms with Crippen LogP contribution in [0, 0.1) is 0 Å². The van der Waals surface area contributed by atoms with Gasteiger partial charge in [0.2, 0.25) is 0 Å². The zero-order chi connectivity index (χ0) is 29.2. The van der Waals surface area contributed by atoms with E-state index in [9.17, 15) is 27.9 Å². The molecule has 0 aliphatic carbocycles. The number of aliphatic imine (C=N–C) groups is 1. The molecule has 2 N–H and O–H groups in total. The summed E-state index contributed by atoms with van der Waals surface area (Å²) in [5.41, 5.74) is 2.44. The molecule has 1 aliphatic heterocycles. The molecule has 0 amide bonds. The summed E-state index contributed by atoms with van der Waals surface area (Å²) in [7, 11) is 1.44. The Morgan fingerprint density at radius 1 is 1.25 bits per heavy atom. The maximum atomic E-state index is 13.3. The van der Waals surface area contributed by atoms with Crippen LogP contribution in [0.4, 0.5) is 19.0 Å². The fraction of sp³-hybridized carbons (Fsp3) is 0.375. The molecule has 12 nitrogen and oxygen atoms in total. The van der Waals surface area contributed by atoms with Gasteiger partial charge in [0.05, 0.1) is 20.2 Å². The number of hydrogen-bond donors (Lipinski definition) is 2. The smallest absolute Gasteiger partial charge is 0.416 e. The Balaban J connectivity index is 1.72. The van der Waals surface area contributed by atoms with Gasteiger partial charge in [-0.2, -0.15) is 13.2 Å². The molecule has 2 aromatic heterocycles. The number of carbonyl (C=O) groups is 1. The van der Waals surface area contributed by atoms with Crippen LogP contribution in [0.3, 0.4) is 0 Å². The fourth-order valence-corrected chi connectivity index (χ4v) is 4.11. The van der Waals surface area contributed by atoms with Crippen molar-refractivity contribution in [2.75, 3.05) is 12.1 Å². The molecule has 1 unspecified atom stereocenters. The van der Waals surface area contributed by atoms with E-state index in [4.69, 9.17) is 21.1 Å². The Hall–Kier alpha value is -3.95. The summed E-state index contributed by atoms with van der Waals surface area (Å²) in [6.07, 6.45) is -7.98. The molecule has 0 fully saturated rings. The van der Waals surface area contributed by atoms with Crippen molar-refractivity contribution in [3.8, 4) is 17.1 Å². The number of aliphatic hydroxyl groups is 1. The zero-order valence-corrected chi connectivity index (χ0v) is 22.2. The molecule has 1 aromatic carbocycles. The molecule has 40 heavy (non-hydrogen) atoms. The number of nitrogens with one attached hydrogen (secondary N) is 1. The zero-order valence-electron chi connectivity index (χ0n) is 21.5. The minimum atomic E-state index is -4.96. The van der Waals surface area contributed by atoms with E-state index in [1.165, 1.54) is 49.5 Å². The van der Waals surface area contributed by atoms with Crippen molar-refractivity contribution in [1.29, 1.82) is 0 Å². The third kappa shape index (κ3) is 6.26. The average Bonchev–Trinajstić information content (AvgIpc) is 3.45. The van der Waals surface area contributed by atoms with Crippen molar-refractivity contribution in [2.24, 2.45) is 4.99 Å². The van der Waals surface area contributed by atoms with Crippen molar-refractivity contribution in [2.45, 2.75) is 51.5 Å². The van der Waals surface area contributed by atoms with Crippen LogP contribution in [0.5, 0.6) is 5.75 Å². The van der Waals surface area contributed by atoms with Gasteiger partial charge in [0.1, 0.15) is 6.17 Å². The number of methoxy groups -OCH3 is 1. The van der Waals surface area contributed by atoms with Crippen LogP contribution >= 0.6 is 11.6 Å². The first-order valence-corrected chi connectivity index (χ1v) is 12.3. The molecule has 0 spiro atoms. The summed E-state index contributed by atoms with van der Waals surface area (Å²) < 4.78 is 51.8. The van der Waals surface area contributed by atoms with Crippen LogP contribution in [0.1, 0.15) is 13.8 Å². The molecule has 3 heterocycles. The number of rotatable bonds is 9. The summed E-state index contributed by atoms with van der Waals surface area (Å²) >= 11 is 5.93. The van der Waals surface area contributed by atoms with Gasteiger partial charge in [-0.1, -0.05) is 11.6 Å². The lowest BCUT2D eigenvalue weighted by Crippen LogP contribution is -2.47. The number of benzene rings is 1. The van der Waals surface area contributed by atoms with Gasteiger partial charge >= 0.3 is 17.8 Å². The quantitative estimate of drug-likeness (QED) is 0.364. The number of aromatic nitrogens is 4. The Morgan fingerprint density at radius 2 is 1.95 bits per heavy atom. The second kappa shape index (κ2) is 11.7. The topological polar surface area (TPSA) is 136 Å². The molecule has 0 radical (unpaired) electrons. The minimum Gasteiger partial charge on any atom is -0.493 e. The van der Waals surface area contributed by atoms with Gasteiger partial charge in [0.15, 0.2) is 35.4 Å². The van der Waals surface area contributed by atoms with E-state index in [-0.39, 0.29) is 18.2 Å². The minimum absolute atomic E-state index is 0.108. The molecule has 1 aliphatic rings. The van der Waals surface area contributed by atoms with E-state index in [0.29, 0.717) is 22.2 Å². The summed E-state index contributed by atoms with van der Waals surface area (Å²) in [5.74, 6) is 0.223. The van der Waals surface area contributed by atoms with Crippen LogP contribution in [0.2, 0.25) is 5.02 Å². The molecule has 0 saturated carbocycles. The molecule has 3 atom stereocenters. The van der Waals surface area contributed by atoms with Crippen molar-refractivity contribution in [3.63, 3.8) is 0 Å². The number of hydrogen-bond acceptors (Lipinski definition) is 10. The highest BCUT2D eigenvalue weighted by molar-refractivity contribution is 6.30. The molecular formula is C24H25ClF3N7O5. The standard InChI is InChI=1S/C24H25ClF3N7O5/c1-13(40-14(2)36)20-30-19(31-35(20)22-17(39-3)5-4-10-29-22)12-34-23(38)33(11-18(37)24(26,27)28)21(32-34)15-6-8-16(25)9-7-15/h4-10,13,18-19,31,37H,11-12H2,1-3H3/t13-,18-,19?/m0/s1. The van der Waals surface area contributed by atoms with E-state index in [2.05, 4.69) is 20.5 Å². The van der Waals surface area contributed by atoms with Gasteiger partial charge < -0.3 is 14.6 Å². The molecule has 16 heteroatoms. The number of amidine groups is 1. The van der Waals surface area contributed by atoms with E-state index >= 15 is 0 Å². The number of ether oxygens (including phenoxy) is 2. The maximum absolute atomic E-state index is 13.3. The predicted molar refractivity (Wildman–Crippen MR) is 138 cm³/mol. The monoisotopic (exact) mass is 583 g/mol. The summed E-state index contributed by atoms with van der Waals surface area (Å²) in [4.78, 5) is 33.7. The lowest BCUT2D eigenvalue weighted by Gasteiger charge is -2.24. The van der Waals surface area contributed by atoms with E-state index in [0.717, 1.165) is 9.25 Å². The molecule has 0 saturated heterocycles. The number of alkyl halides is 3. The van der Waals surface area contributed by atoms with E-state index in [1.807, 2.05) is 0 Å². The van der Waals surface area contributed by atoms with Gasteiger partial charge in [-0.25, -0.2) is 29.9 Å². The normalized spacial score (nSPS) is 16.9. The van der Waals surface area contributed by atoms with Gasteiger partial charge in [0.25, 0.3) is 0 Å². The Bertz CT molecular complexity index is 1460. The second-order valence-electron chi connectivity index (χ2n) is 8.71. The first-order chi connectivity index (χ1) is 18.9. The second-order valence-corrected chi connectivity index (χ2v) is 9.15. The molecule has 214 valence electrons. The van der Waals surface area contributed by atoms with Gasteiger partial charge in [-0.05, 0) is 43.3 Å². The highest BCUT2D eigenvalue weighted by Crippen LogP contribution is 2.28.